The molecule has 0 saturated carbocycles. The number of Topliss-reactive ketones (excluding diaryl/α,β-unsaturated/α-hetero) is 1. The van der Waals surface area contributed by atoms with Gasteiger partial charge in [0.05, 0.1) is 0 Å². The third-order valence-corrected chi connectivity index (χ3v) is 2.58. The van der Waals surface area contributed by atoms with E-state index < -0.39 is 11.4 Å². The Balaban J connectivity index is 3.06. The number of hydrogen-bond donors (Lipinski definition) is 2. The summed E-state index contributed by atoms with van der Waals surface area (Å²) in [6, 6.07) is 1.29. The molecule has 5 nitrogen and oxygen atoms in total. The lowest BCUT2D eigenvalue weighted by molar-refractivity contribution is 0.101. The lowest BCUT2D eigenvalue weighted by Gasteiger charge is -2.10. The zero-order chi connectivity index (χ0) is 13.0. The molecule has 0 amide bonds. The fourth-order valence-corrected chi connectivity index (χ4v) is 1.61. The first kappa shape index (κ1) is 13.4. The maximum absolute atomic E-state index is 11.5. The predicted molar refractivity (Wildman–Crippen MR) is 61.4 cm³/mol. The second-order valence-corrected chi connectivity index (χ2v) is 4.02. The van der Waals surface area contributed by atoms with Crippen molar-refractivity contribution in [2.75, 3.05) is 6.61 Å². The van der Waals surface area contributed by atoms with Gasteiger partial charge in [-0.05, 0) is 19.8 Å². The van der Waals surface area contributed by atoms with E-state index in [0.717, 1.165) is 0 Å². The molecule has 0 spiro atoms. The lowest BCUT2D eigenvalue weighted by Crippen LogP contribution is -2.13. The van der Waals surface area contributed by atoms with Crippen LogP contribution in [0.15, 0.2) is 15.3 Å². The highest BCUT2D eigenvalue weighted by atomic mass is 16.4. The van der Waals surface area contributed by atoms with Crippen LogP contribution in [0.1, 0.15) is 48.7 Å². The van der Waals surface area contributed by atoms with Crippen molar-refractivity contribution in [2.24, 2.45) is 0 Å². The second kappa shape index (κ2) is 5.63. The fraction of sp³-hybridized carbons (Fsp3) is 0.500. The first-order valence-corrected chi connectivity index (χ1v) is 5.46. The molecule has 1 rings (SSSR count). The molecule has 0 bridgehead atoms. The first-order valence-electron chi connectivity index (χ1n) is 5.46. The highest BCUT2D eigenvalue weighted by molar-refractivity contribution is 5.96. The summed E-state index contributed by atoms with van der Waals surface area (Å²) in [5, 5.41) is 18.3. The molecule has 1 unspecified atom stereocenters. The van der Waals surface area contributed by atoms with Crippen LogP contribution in [-0.4, -0.2) is 22.6 Å². The Morgan fingerprint density at radius 2 is 2.18 bits per heavy atom. The van der Waals surface area contributed by atoms with Gasteiger partial charge in [-0.15, -0.1) is 0 Å². The van der Waals surface area contributed by atoms with Gasteiger partial charge in [-0.1, -0.05) is 6.92 Å². The summed E-state index contributed by atoms with van der Waals surface area (Å²) < 4.78 is 4.99. The molecule has 0 aliphatic carbocycles. The molecule has 94 valence electrons. The minimum atomic E-state index is -0.816. The van der Waals surface area contributed by atoms with Crippen molar-refractivity contribution in [3.05, 3.63) is 27.8 Å². The van der Waals surface area contributed by atoms with Crippen molar-refractivity contribution in [1.82, 2.24) is 0 Å². The van der Waals surface area contributed by atoms with E-state index in [4.69, 9.17) is 9.52 Å². The molecule has 0 saturated heterocycles. The molecule has 5 heteroatoms. The summed E-state index contributed by atoms with van der Waals surface area (Å²) in [6.07, 6.45) is 1.22. The van der Waals surface area contributed by atoms with Gasteiger partial charge in [0, 0.05) is 18.6 Å². The number of aromatic hydroxyl groups is 1. The normalized spacial score (nSPS) is 12.4. The third kappa shape index (κ3) is 3.17. The average molecular weight is 240 g/mol. The van der Waals surface area contributed by atoms with E-state index in [0.29, 0.717) is 18.6 Å². The van der Waals surface area contributed by atoms with Gasteiger partial charge in [0.25, 0.3) is 0 Å². The van der Waals surface area contributed by atoms with Gasteiger partial charge in [-0.3, -0.25) is 4.79 Å². The Hall–Kier alpha value is -1.62. The number of aliphatic hydroxyl groups is 1. The molecule has 2 N–H and O–H groups in total. The number of carbonyl (C=O) groups is 1. The predicted octanol–water partition coefficient (Wildman–Crippen LogP) is 1.42. The molecule has 0 fully saturated rings. The number of carbonyl (C=O) groups excluding carboxylic acids is 1. The van der Waals surface area contributed by atoms with E-state index >= 15 is 0 Å². The highest BCUT2D eigenvalue weighted by Crippen LogP contribution is 2.24. The van der Waals surface area contributed by atoms with Crippen molar-refractivity contribution < 1.29 is 19.4 Å². The molecule has 0 aromatic carbocycles. The second-order valence-electron chi connectivity index (χ2n) is 4.02. The minimum Gasteiger partial charge on any atom is -0.507 e. The Bertz CT molecular complexity index is 460. The quantitative estimate of drug-likeness (QED) is 0.760. The summed E-state index contributed by atoms with van der Waals surface area (Å²) >= 11 is 0. The number of ketones is 1. The van der Waals surface area contributed by atoms with E-state index in [-0.39, 0.29) is 23.8 Å². The maximum atomic E-state index is 11.5. The fourth-order valence-electron chi connectivity index (χ4n) is 1.61. The van der Waals surface area contributed by atoms with Crippen molar-refractivity contribution >= 4 is 5.78 Å². The molecular formula is C12H16O5. The summed E-state index contributed by atoms with van der Waals surface area (Å²) in [4.78, 5) is 22.6. The van der Waals surface area contributed by atoms with Crippen molar-refractivity contribution in [2.45, 2.75) is 32.6 Å². The third-order valence-electron chi connectivity index (χ3n) is 2.58. The molecule has 0 radical (unpaired) electrons. The SMILES string of the molecule is CC(=O)c1c(O)cc(C(C)CCCO)oc1=O. The van der Waals surface area contributed by atoms with Crippen LogP contribution in [0.5, 0.6) is 5.75 Å². The smallest absolute Gasteiger partial charge is 0.350 e. The summed E-state index contributed by atoms with van der Waals surface area (Å²) in [6.45, 7) is 3.08. The average Bonchev–Trinajstić information content (AvgIpc) is 2.24. The van der Waals surface area contributed by atoms with Gasteiger partial charge >= 0.3 is 5.63 Å². The molecule has 1 aromatic heterocycles. The molecule has 1 heterocycles. The van der Waals surface area contributed by atoms with E-state index in [1.807, 2.05) is 6.92 Å². The van der Waals surface area contributed by atoms with Crippen LogP contribution in [-0.2, 0) is 0 Å². The standard InChI is InChI=1S/C12H16O5/c1-7(4-3-5-13)10-6-9(15)11(8(2)14)12(16)17-10/h6-7,13,15H,3-5H2,1-2H3. The van der Waals surface area contributed by atoms with E-state index in [1.165, 1.54) is 13.0 Å². The summed E-state index contributed by atoms with van der Waals surface area (Å²) in [5.74, 6) is -0.641. The first-order chi connectivity index (χ1) is 7.97. The summed E-state index contributed by atoms with van der Waals surface area (Å²) in [5.41, 5.74) is -1.13. The largest absolute Gasteiger partial charge is 0.507 e. The van der Waals surface area contributed by atoms with Crippen LogP contribution in [0.3, 0.4) is 0 Å². The summed E-state index contributed by atoms with van der Waals surface area (Å²) in [7, 11) is 0. The van der Waals surface area contributed by atoms with Crippen LogP contribution >= 0.6 is 0 Å². The Morgan fingerprint density at radius 3 is 2.65 bits per heavy atom. The Morgan fingerprint density at radius 1 is 1.53 bits per heavy atom. The Kier molecular flexibility index (Phi) is 4.45. The maximum Gasteiger partial charge on any atom is 0.350 e. The Labute approximate surface area is 98.7 Å². The topological polar surface area (TPSA) is 87.7 Å². The van der Waals surface area contributed by atoms with Gasteiger partial charge in [0.2, 0.25) is 0 Å². The zero-order valence-corrected chi connectivity index (χ0v) is 9.90. The van der Waals surface area contributed by atoms with Crippen LogP contribution in [0, 0.1) is 0 Å². The monoisotopic (exact) mass is 240 g/mol. The van der Waals surface area contributed by atoms with E-state index in [2.05, 4.69) is 0 Å². The molecule has 0 aliphatic heterocycles. The minimum absolute atomic E-state index is 0.0616. The van der Waals surface area contributed by atoms with Crippen LogP contribution in [0.25, 0.3) is 0 Å². The highest BCUT2D eigenvalue weighted by Gasteiger charge is 2.17. The number of aliphatic hydroxyl groups excluding tert-OH is 1. The van der Waals surface area contributed by atoms with Gasteiger partial charge in [0.15, 0.2) is 5.78 Å². The van der Waals surface area contributed by atoms with E-state index in [9.17, 15) is 14.7 Å². The van der Waals surface area contributed by atoms with Crippen molar-refractivity contribution in [3.8, 4) is 5.75 Å². The molecule has 17 heavy (non-hydrogen) atoms. The van der Waals surface area contributed by atoms with Gasteiger partial charge in [0.1, 0.15) is 17.1 Å². The molecule has 1 aromatic rings. The zero-order valence-electron chi connectivity index (χ0n) is 9.90. The van der Waals surface area contributed by atoms with Gasteiger partial charge in [-0.2, -0.15) is 0 Å². The van der Waals surface area contributed by atoms with E-state index in [1.54, 1.807) is 0 Å². The van der Waals surface area contributed by atoms with Crippen LogP contribution < -0.4 is 5.63 Å². The van der Waals surface area contributed by atoms with Crippen LogP contribution in [0.2, 0.25) is 0 Å². The van der Waals surface area contributed by atoms with Crippen molar-refractivity contribution in [3.63, 3.8) is 0 Å². The lowest BCUT2D eigenvalue weighted by atomic mass is 10.0. The molecule has 1 atom stereocenters. The molecular weight excluding hydrogens is 224 g/mol. The number of rotatable bonds is 5. The van der Waals surface area contributed by atoms with Gasteiger partial charge < -0.3 is 14.6 Å². The van der Waals surface area contributed by atoms with Gasteiger partial charge in [-0.25, -0.2) is 4.79 Å². The number of hydrogen-bond acceptors (Lipinski definition) is 5. The van der Waals surface area contributed by atoms with Crippen molar-refractivity contribution in [1.29, 1.82) is 0 Å². The molecule has 0 aliphatic rings. The van der Waals surface area contributed by atoms with Crippen LogP contribution in [0.4, 0.5) is 0 Å².